The van der Waals surface area contributed by atoms with Gasteiger partial charge in [-0.1, -0.05) is 24.6 Å². The van der Waals surface area contributed by atoms with Crippen molar-refractivity contribution >= 4 is 33.5 Å². The zero-order valence-corrected chi connectivity index (χ0v) is 12.0. The molecule has 0 amide bonds. The number of nitrogens with zero attached hydrogens (tertiary/aromatic N) is 1. The van der Waals surface area contributed by atoms with Gasteiger partial charge in [0, 0.05) is 17.6 Å². The SMILES string of the molecule is CCN(CCC(=O)O)Cc1ccc(Cl)c(Br)c1. The van der Waals surface area contributed by atoms with E-state index in [1.165, 1.54) is 0 Å². The quantitative estimate of drug-likeness (QED) is 0.873. The van der Waals surface area contributed by atoms with Crippen molar-refractivity contribution in [3.05, 3.63) is 33.3 Å². The number of carbonyl (C=O) groups is 1. The van der Waals surface area contributed by atoms with Crippen LogP contribution in [0.5, 0.6) is 0 Å². The minimum absolute atomic E-state index is 0.169. The zero-order chi connectivity index (χ0) is 12.8. The van der Waals surface area contributed by atoms with Crippen molar-refractivity contribution in [3.8, 4) is 0 Å². The fraction of sp³-hybridized carbons (Fsp3) is 0.417. The van der Waals surface area contributed by atoms with Crippen LogP contribution < -0.4 is 0 Å². The smallest absolute Gasteiger partial charge is 0.304 e. The molecule has 0 unspecified atom stereocenters. The van der Waals surface area contributed by atoms with Gasteiger partial charge in [0.05, 0.1) is 11.4 Å². The van der Waals surface area contributed by atoms with Gasteiger partial charge < -0.3 is 5.11 Å². The zero-order valence-electron chi connectivity index (χ0n) is 9.62. The number of benzene rings is 1. The number of halogens is 2. The molecule has 0 saturated heterocycles. The number of hydrogen-bond acceptors (Lipinski definition) is 2. The molecule has 0 aliphatic rings. The highest BCUT2D eigenvalue weighted by Gasteiger charge is 2.07. The van der Waals surface area contributed by atoms with E-state index in [2.05, 4.69) is 20.8 Å². The van der Waals surface area contributed by atoms with E-state index in [0.717, 1.165) is 23.1 Å². The van der Waals surface area contributed by atoms with Crippen LogP contribution in [-0.2, 0) is 11.3 Å². The highest BCUT2D eigenvalue weighted by molar-refractivity contribution is 9.10. The minimum Gasteiger partial charge on any atom is -0.481 e. The Balaban J connectivity index is 2.60. The van der Waals surface area contributed by atoms with E-state index in [-0.39, 0.29) is 6.42 Å². The Labute approximate surface area is 115 Å². The van der Waals surface area contributed by atoms with E-state index in [1.54, 1.807) is 0 Å². The van der Waals surface area contributed by atoms with Crippen LogP contribution in [0.4, 0.5) is 0 Å². The van der Waals surface area contributed by atoms with Gasteiger partial charge in [-0.25, -0.2) is 0 Å². The van der Waals surface area contributed by atoms with Crippen molar-refractivity contribution in [1.29, 1.82) is 0 Å². The average molecular weight is 321 g/mol. The summed E-state index contributed by atoms with van der Waals surface area (Å²) < 4.78 is 0.867. The van der Waals surface area contributed by atoms with Gasteiger partial charge in [0.15, 0.2) is 0 Å². The van der Waals surface area contributed by atoms with Gasteiger partial charge in [-0.3, -0.25) is 9.69 Å². The molecule has 1 aromatic carbocycles. The lowest BCUT2D eigenvalue weighted by Gasteiger charge is -2.19. The Morgan fingerprint density at radius 2 is 2.24 bits per heavy atom. The maximum Gasteiger partial charge on any atom is 0.304 e. The Bertz CT molecular complexity index is 398. The van der Waals surface area contributed by atoms with Crippen LogP contribution in [0, 0.1) is 0 Å². The fourth-order valence-electron chi connectivity index (χ4n) is 1.50. The summed E-state index contributed by atoms with van der Waals surface area (Å²) in [6, 6.07) is 5.76. The van der Waals surface area contributed by atoms with Gasteiger partial charge in [-0.2, -0.15) is 0 Å². The standard InChI is InChI=1S/C12H15BrClNO2/c1-2-15(6-5-12(16)17)8-9-3-4-11(14)10(13)7-9/h3-4,7H,2,5-6,8H2,1H3,(H,16,17). The molecule has 5 heteroatoms. The molecule has 0 heterocycles. The molecular weight excluding hydrogens is 305 g/mol. The van der Waals surface area contributed by atoms with Crippen LogP contribution in [0.2, 0.25) is 5.02 Å². The van der Waals surface area contributed by atoms with Crippen LogP contribution in [-0.4, -0.2) is 29.1 Å². The maximum atomic E-state index is 10.5. The van der Waals surface area contributed by atoms with Crippen molar-refractivity contribution in [1.82, 2.24) is 4.90 Å². The Hall–Kier alpha value is -0.580. The number of rotatable bonds is 6. The summed E-state index contributed by atoms with van der Waals surface area (Å²) in [7, 11) is 0. The van der Waals surface area contributed by atoms with Crippen molar-refractivity contribution in [2.75, 3.05) is 13.1 Å². The number of hydrogen-bond donors (Lipinski definition) is 1. The predicted octanol–water partition coefficient (Wildman–Crippen LogP) is 3.40. The second-order valence-electron chi connectivity index (χ2n) is 3.76. The summed E-state index contributed by atoms with van der Waals surface area (Å²) in [5.74, 6) is -0.763. The van der Waals surface area contributed by atoms with Gasteiger partial charge in [0.25, 0.3) is 0 Å². The summed E-state index contributed by atoms with van der Waals surface area (Å²) in [5, 5.41) is 9.34. The lowest BCUT2D eigenvalue weighted by Crippen LogP contribution is -2.25. The summed E-state index contributed by atoms with van der Waals surface area (Å²) in [6.07, 6.45) is 0.169. The van der Waals surface area contributed by atoms with E-state index < -0.39 is 5.97 Å². The Kier molecular flexibility index (Phi) is 5.95. The van der Waals surface area contributed by atoms with Crippen LogP contribution in [0.15, 0.2) is 22.7 Å². The van der Waals surface area contributed by atoms with E-state index in [0.29, 0.717) is 11.6 Å². The van der Waals surface area contributed by atoms with Gasteiger partial charge >= 0.3 is 5.97 Å². The molecule has 1 N–H and O–H groups in total. The number of carboxylic acid groups (broad SMARTS) is 1. The molecule has 0 saturated carbocycles. The second-order valence-corrected chi connectivity index (χ2v) is 5.02. The Morgan fingerprint density at radius 1 is 1.53 bits per heavy atom. The summed E-state index contributed by atoms with van der Waals surface area (Å²) in [5.41, 5.74) is 1.12. The molecule has 0 aliphatic carbocycles. The van der Waals surface area contributed by atoms with E-state index in [1.807, 2.05) is 25.1 Å². The molecule has 94 valence electrons. The molecule has 0 bridgehead atoms. The third kappa shape index (κ3) is 5.06. The van der Waals surface area contributed by atoms with Crippen molar-refractivity contribution < 1.29 is 9.90 Å². The molecule has 0 aliphatic heterocycles. The van der Waals surface area contributed by atoms with Crippen LogP contribution in [0.3, 0.4) is 0 Å². The van der Waals surface area contributed by atoms with Gasteiger partial charge in [0.2, 0.25) is 0 Å². The lowest BCUT2D eigenvalue weighted by molar-refractivity contribution is -0.137. The second kappa shape index (κ2) is 6.99. The monoisotopic (exact) mass is 319 g/mol. The predicted molar refractivity (Wildman–Crippen MR) is 72.4 cm³/mol. The largest absolute Gasteiger partial charge is 0.481 e. The van der Waals surface area contributed by atoms with Crippen molar-refractivity contribution in [2.24, 2.45) is 0 Å². The third-order valence-electron chi connectivity index (χ3n) is 2.48. The van der Waals surface area contributed by atoms with Crippen molar-refractivity contribution in [3.63, 3.8) is 0 Å². The summed E-state index contributed by atoms with van der Waals surface area (Å²) >= 11 is 9.29. The first kappa shape index (κ1) is 14.5. The first-order valence-electron chi connectivity index (χ1n) is 5.41. The summed E-state index contributed by atoms with van der Waals surface area (Å²) in [6.45, 7) is 4.14. The highest BCUT2D eigenvalue weighted by atomic mass is 79.9. The van der Waals surface area contributed by atoms with Crippen LogP contribution >= 0.6 is 27.5 Å². The molecular formula is C12H15BrClNO2. The first-order valence-corrected chi connectivity index (χ1v) is 6.58. The first-order chi connectivity index (χ1) is 8.02. The topological polar surface area (TPSA) is 40.5 Å². The average Bonchev–Trinajstić information content (AvgIpc) is 2.28. The van der Waals surface area contributed by atoms with Gasteiger partial charge in [-0.05, 0) is 40.2 Å². The van der Waals surface area contributed by atoms with Gasteiger partial charge in [-0.15, -0.1) is 0 Å². The minimum atomic E-state index is -0.763. The Morgan fingerprint density at radius 3 is 2.76 bits per heavy atom. The molecule has 3 nitrogen and oxygen atoms in total. The van der Waals surface area contributed by atoms with Crippen LogP contribution in [0.25, 0.3) is 0 Å². The lowest BCUT2D eigenvalue weighted by atomic mass is 10.2. The van der Waals surface area contributed by atoms with Gasteiger partial charge in [0.1, 0.15) is 0 Å². The highest BCUT2D eigenvalue weighted by Crippen LogP contribution is 2.23. The molecule has 17 heavy (non-hydrogen) atoms. The molecule has 1 aromatic rings. The van der Waals surface area contributed by atoms with Crippen LogP contribution in [0.1, 0.15) is 18.9 Å². The fourth-order valence-corrected chi connectivity index (χ4v) is 2.04. The summed E-state index contributed by atoms with van der Waals surface area (Å²) in [4.78, 5) is 12.6. The van der Waals surface area contributed by atoms with Crippen molar-refractivity contribution in [2.45, 2.75) is 19.9 Å². The molecule has 0 spiro atoms. The van der Waals surface area contributed by atoms with E-state index in [9.17, 15) is 4.79 Å². The molecule has 0 aromatic heterocycles. The molecule has 0 fully saturated rings. The molecule has 0 radical (unpaired) electrons. The third-order valence-corrected chi connectivity index (χ3v) is 3.69. The number of carboxylic acids is 1. The maximum absolute atomic E-state index is 10.5. The van der Waals surface area contributed by atoms with E-state index in [4.69, 9.17) is 16.7 Å². The van der Waals surface area contributed by atoms with E-state index >= 15 is 0 Å². The number of aliphatic carboxylic acids is 1. The molecule has 1 rings (SSSR count). The normalized spacial score (nSPS) is 10.8. The molecule has 0 atom stereocenters.